The van der Waals surface area contributed by atoms with E-state index in [2.05, 4.69) is 5.32 Å². The predicted octanol–water partition coefficient (Wildman–Crippen LogP) is 3.30. The Hall–Kier alpha value is -1.93. The molecule has 2 aromatic rings. The van der Waals surface area contributed by atoms with Gasteiger partial charge in [-0.1, -0.05) is 48.0 Å². The first kappa shape index (κ1) is 21.8. The van der Waals surface area contributed by atoms with Crippen LogP contribution in [0.25, 0.3) is 0 Å². The van der Waals surface area contributed by atoms with Crippen molar-refractivity contribution in [3.8, 4) is 0 Å². The Bertz CT molecular complexity index is 958. The number of piperazine rings is 1. The van der Waals surface area contributed by atoms with Crippen LogP contribution in [0.15, 0.2) is 48.5 Å². The average molecular weight is 436 g/mol. The van der Waals surface area contributed by atoms with Crippen molar-refractivity contribution < 1.29 is 13.2 Å². The second kappa shape index (κ2) is 9.26. The molecule has 1 aliphatic rings. The van der Waals surface area contributed by atoms with E-state index in [9.17, 15) is 13.2 Å². The van der Waals surface area contributed by atoms with Crippen LogP contribution in [0, 0.1) is 6.92 Å². The highest BCUT2D eigenvalue weighted by atomic mass is 35.5. The van der Waals surface area contributed by atoms with Crippen LogP contribution in [0.2, 0.25) is 5.02 Å². The number of nitrogens with zero attached hydrogens (tertiary/aromatic N) is 2. The van der Waals surface area contributed by atoms with E-state index < -0.39 is 16.1 Å². The van der Waals surface area contributed by atoms with Crippen molar-refractivity contribution >= 4 is 33.2 Å². The molecule has 29 heavy (non-hydrogen) atoms. The normalized spacial score (nSPS) is 17.1. The summed E-state index contributed by atoms with van der Waals surface area (Å²) in [6, 6.07) is 14.5. The smallest absolute Gasteiger partial charge is 0.246 e. The quantitative estimate of drug-likeness (QED) is 0.755. The van der Waals surface area contributed by atoms with Gasteiger partial charge in [0.1, 0.15) is 6.04 Å². The van der Waals surface area contributed by atoms with Crippen LogP contribution in [-0.4, -0.2) is 55.5 Å². The van der Waals surface area contributed by atoms with Gasteiger partial charge in [-0.15, -0.1) is 0 Å². The van der Waals surface area contributed by atoms with Gasteiger partial charge < -0.3 is 5.32 Å². The molecule has 1 heterocycles. The molecule has 1 unspecified atom stereocenters. The molecule has 0 spiro atoms. The third kappa shape index (κ3) is 5.17. The highest BCUT2D eigenvalue weighted by Crippen LogP contribution is 2.26. The van der Waals surface area contributed by atoms with Crippen molar-refractivity contribution in [2.45, 2.75) is 19.9 Å². The third-order valence-electron chi connectivity index (χ3n) is 5.20. The van der Waals surface area contributed by atoms with Crippen molar-refractivity contribution in [2.24, 2.45) is 0 Å². The van der Waals surface area contributed by atoms with Crippen molar-refractivity contribution in [1.29, 1.82) is 0 Å². The van der Waals surface area contributed by atoms with Crippen LogP contribution >= 0.6 is 11.6 Å². The number of carbonyl (C=O) groups is 1. The fourth-order valence-electron chi connectivity index (χ4n) is 3.47. The molecular weight excluding hydrogens is 410 g/mol. The number of anilines is 1. The summed E-state index contributed by atoms with van der Waals surface area (Å²) in [5, 5.41) is 3.56. The molecule has 156 valence electrons. The van der Waals surface area contributed by atoms with Crippen LogP contribution in [0.4, 0.5) is 5.69 Å². The zero-order valence-corrected chi connectivity index (χ0v) is 18.2. The summed E-state index contributed by atoms with van der Waals surface area (Å²) in [7, 11) is -3.22. The molecule has 0 aromatic heterocycles. The van der Waals surface area contributed by atoms with Gasteiger partial charge in [-0.3, -0.25) is 9.69 Å². The van der Waals surface area contributed by atoms with Gasteiger partial charge in [-0.25, -0.2) is 8.42 Å². The molecule has 1 amide bonds. The van der Waals surface area contributed by atoms with E-state index in [1.54, 1.807) is 13.0 Å². The maximum Gasteiger partial charge on any atom is 0.246 e. The topological polar surface area (TPSA) is 69.7 Å². The monoisotopic (exact) mass is 435 g/mol. The minimum Gasteiger partial charge on any atom is -0.324 e. The number of aryl methyl sites for hydroxylation is 1. The van der Waals surface area contributed by atoms with Gasteiger partial charge in [-0.05, 0) is 37.1 Å². The van der Waals surface area contributed by atoms with E-state index >= 15 is 0 Å². The van der Waals surface area contributed by atoms with Crippen LogP contribution < -0.4 is 5.32 Å². The lowest BCUT2D eigenvalue weighted by atomic mass is 10.0. The minimum atomic E-state index is -3.22. The largest absolute Gasteiger partial charge is 0.324 e. The number of nitrogens with one attached hydrogen (secondary N) is 1. The van der Waals surface area contributed by atoms with Gasteiger partial charge in [0.05, 0.1) is 5.75 Å². The number of amides is 1. The summed E-state index contributed by atoms with van der Waals surface area (Å²) in [5.74, 6) is -0.0769. The van der Waals surface area contributed by atoms with Gasteiger partial charge in [0.25, 0.3) is 0 Å². The summed E-state index contributed by atoms with van der Waals surface area (Å²) in [6.07, 6.45) is 0. The molecule has 0 radical (unpaired) electrons. The number of halogens is 1. The van der Waals surface area contributed by atoms with Crippen LogP contribution in [-0.2, 0) is 14.8 Å². The molecule has 3 rings (SSSR count). The summed E-state index contributed by atoms with van der Waals surface area (Å²) >= 11 is 6.19. The zero-order chi connectivity index (χ0) is 21.0. The van der Waals surface area contributed by atoms with Gasteiger partial charge in [0, 0.05) is 36.9 Å². The molecule has 6 nitrogen and oxygen atoms in total. The van der Waals surface area contributed by atoms with Crippen LogP contribution in [0.3, 0.4) is 0 Å². The first-order valence-electron chi connectivity index (χ1n) is 9.65. The fraction of sp³-hybridized carbons (Fsp3) is 0.381. The SMILES string of the molecule is CCS(=O)(=O)N1CCN(C(C(=O)Nc2ccc(C)c(Cl)c2)c2ccccc2)CC1. The van der Waals surface area contributed by atoms with Crippen molar-refractivity contribution in [2.75, 3.05) is 37.2 Å². The Morgan fingerprint density at radius 1 is 1.10 bits per heavy atom. The number of hydrogen-bond donors (Lipinski definition) is 1. The number of benzene rings is 2. The first-order valence-corrected chi connectivity index (χ1v) is 11.6. The molecule has 1 atom stereocenters. The lowest BCUT2D eigenvalue weighted by molar-refractivity contribution is -0.122. The lowest BCUT2D eigenvalue weighted by Crippen LogP contribution is -2.51. The molecule has 0 bridgehead atoms. The maximum absolute atomic E-state index is 13.2. The van der Waals surface area contributed by atoms with E-state index in [0.717, 1.165) is 11.1 Å². The van der Waals surface area contributed by atoms with Gasteiger partial charge >= 0.3 is 0 Å². The molecule has 0 saturated carbocycles. The summed E-state index contributed by atoms with van der Waals surface area (Å²) in [4.78, 5) is 15.2. The minimum absolute atomic E-state index is 0.0871. The highest BCUT2D eigenvalue weighted by molar-refractivity contribution is 7.89. The molecular formula is C21H26ClN3O3S. The number of sulfonamides is 1. The van der Waals surface area contributed by atoms with Crippen molar-refractivity contribution in [3.63, 3.8) is 0 Å². The zero-order valence-electron chi connectivity index (χ0n) is 16.6. The third-order valence-corrected chi connectivity index (χ3v) is 7.49. The summed E-state index contributed by atoms with van der Waals surface area (Å²) < 4.78 is 25.8. The standard InChI is InChI=1S/C21H26ClN3O3S/c1-3-29(27,28)25-13-11-24(12-14-25)20(17-7-5-4-6-8-17)21(26)23-18-10-9-16(2)19(22)15-18/h4-10,15,20H,3,11-14H2,1-2H3,(H,23,26). The molecule has 8 heteroatoms. The fourth-order valence-corrected chi connectivity index (χ4v) is 4.73. The Morgan fingerprint density at radius 2 is 1.76 bits per heavy atom. The van der Waals surface area contributed by atoms with Gasteiger partial charge in [0.2, 0.25) is 15.9 Å². The highest BCUT2D eigenvalue weighted by Gasteiger charge is 2.33. The molecule has 1 fully saturated rings. The summed E-state index contributed by atoms with van der Waals surface area (Å²) in [5.41, 5.74) is 2.45. The van der Waals surface area contributed by atoms with E-state index in [4.69, 9.17) is 11.6 Å². The Morgan fingerprint density at radius 3 is 2.34 bits per heavy atom. The average Bonchev–Trinajstić information content (AvgIpc) is 2.72. The second-order valence-electron chi connectivity index (χ2n) is 7.10. The first-order chi connectivity index (χ1) is 13.8. The molecule has 2 aromatic carbocycles. The summed E-state index contributed by atoms with van der Waals surface area (Å²) in [6.45, 7) is 5.28. The van der Waals surface area contributed by atoms with E-state index in [-0.39, 0.29) is 11.7 Å². The van der Waals surface area contributed by atoms with Crippen LogP contribution in [0.1, 0.15) is 24.1 Å². The molecule has 1 N–H and O–H groups in total. The van der Waals surface area contributed by atoms with Gasteiger partial charge in [0.15, 0.2) is 0 Å². The van der Waals surface area contributed by atoms with Crippen LogP contribution in [0.5, 0.6) is 0 Å². The Labute approximate surface area is 177 Å². The van der Waals surface area contributed by atoms with Crippen molar-refractivity contribution in [3.05, 3.63) is 64.7 Å². The Kier molecular flexibility index (Phi) is 6.95. The molecule has 1 saturated heterocycles. The number of carbonyl (C=O) groups excluding carboxylic acids is 1. The van der Waals surface area contributed by atoms with E-state index in [1.165, 1.54) is 4.31 Å². The van der Waals surface area contributed by atoms with E-state index in [1.807, 2.05) is 54.3 Å². The lowest BCUT2D eigenvalue weighted by Gasteiger charge is -2.38. The maximum atomic E-state index is 13.2. The van der Waals surface area contributed by atoms with Gasteiger partial charge in [-0.2, -0.15) is 4.31 Å². The molecule has 1 aliphatic heterocycles. The van der Waals surface area contributed by atoms with E-state index in [0.29, 0.717) is 36.9 Å². The van der Waals surface area contributed by atoms with Crippen molar-refractivity contribution in [1.82, 2.24) is 9.21 Å². The second-order valence-corrected chi connectivity index (χ2v) is 9.77. The predicted molar refractivity (Wildman–Crippen MR) is 117 cm³/mol. The Balaban J connectivity index is 1.80. The number of hydrogen-bond acceptors (Lipinski definition) is 4. The molecule has 0 aliphatic carbocycles. The number of rotatable bonds is 6.